The van der Waals surface area contributed by atoms with Gasteiger partial charge < -0.3 is 9.80 Å². The summed E-state index contributed by atoms with van der Waals surface area (Å²) in [7, 11) is 0. The summed E-state index contributed by atoms with van der Waals surface area (Å²) in [6, 6.07) is 7.45. The van der Waals surface area contributed by atoms with Crippen LogP contribution in [-0.2, 0) is 11.0 Å². The molecule has 1 aliphatic carbocycles. The average molecular weight is 405 g/mol. The molecule has 2 heterocycles. The summed E-state index contributed by atoms with van der Waals surface area (Å²) >= 11 is 0. The number of guanidine groups is 1. The summed E-state index contributed by atoms with van der Waals surface area (Å²) in [6.45, 7) is 2.10. The molecular weight excluding hydrogens is 383 g/mol. The molecule has 0 aromatic heterocycles. The Labute approximate surface area is 167 Å². The molecule has 1 saturated heterocycles. The number of carbonyl (C=O) groups excluding carboxylic acids is 1. The van der Waals surface area contributed by atoms with Gasteiger partial charge in [-0.3, -0.25) is 10.1 Å². The summed E-state index contributed by atoms with van der Waals surface area (Å²) in [6.07, 6.45) is -1.01. The number of nitriles is 1. The summed E-state index contributed by atoms with van der Waals surface area (Å²) in [5, 5.41) is 12.2. The van der Waals surface area contributed by atoms with Crippen LogP contribution in [0.4, 0.5) is 18.9 Å². The van der Waals surface area contributed by atoms with E-state index in [4.69, 9.17) is 4.99 Å². The fourth-order valence-corrected chi connectivity index (χ4v) is 4.50. The van der Waals surface area contributed by atoms with Gasteiger partial charge in [-0.15, -0.1) is 0 Å². The minimum absolute atomic E-state index is 0.306. The van der Waals surface area contributed by atoms with Crippen LogP contribution in [0.2, 0.25) is 0 Å². The lowest BCUT2D eigenvalue weighted by Crippen LogP contribution is -2.59. The lowest BCUT2D eigenvalue weighted by molar-refractivity contribution is -0.137. The van der Waals surface area contributed by atoms with Crippen molar-refractivity contribution in [1.82, 2.24) is 10.2 Å². The third-order valence-corrected chi connectivity index (χ3v) is 6.08. The minimum atomic E-state index is -4.37. The van der Waals surface area contributed by atoms with Gasteiger partial charge in [0.1, 0.15) is 0 Å². The van der Waals surface area contributed by atoms with Gasteiger partial charge in [-0.05, 0) is 31.0 Å². The van der Waals surface area contributed by atoms with Crippen molar-refractivity contribution in [2.24, 2.45) is 10.9 Å². The normalized spacial score (nSPS) is 24.3. The first kappa shape index (κ1) is 19.6. The number of amides is 1. The van der Waals surface area contributed by atoms with E-state index in [2.05, 4.69) is 11.4 Å². The maximum Gasteiger partial charge on any atom is 0.416 e. The van der Waals surface area contributed by atoms with Crippen LogP contribution in [-0.4, -0.2) is 48.5 Å². The number of carbonyl (C=O) groups is 1. The predicted octanol–water partition coefficient (Wildman–Crippen LogP) is 2.77. The average Bonchev–Trinajstić information content (AvgIpc) is 3.16. The second-order valence-corrected chi connectivity index (χ2v) is 7.82. The maximum atomic E-state index is 13.0. The van der Waals surface area contributed by atoms with Crippen LogP contribution in [0.15, 0.2) is 29.3 Å². The van der Waals surface area contributed by atoms with E-state index >= 15 is 0 Å². The van der Waals surface area contributed by atoms with Crippen molar-refractivity contribution in [2.45, 2.75) is 37.4 Å². The summed E-state index contributed by atoms with van der Waals surface area (Å²) < 4.78 is 38.9. The van der Waals surface area contributed by atoms with Crippen molar-refractivity contribution in [3.05, 3.63) is 29.8 Å². The highest BCUT2D eigenvalue weighted by molar-refractivity contribution is 6.02. The number of piperazine rings is 1. The SMILES string of the molecule is N#C[C@H]1C(=O)NC(N2CCN(c3cccc(C(F)(F)F)c3)CC2)=NC12CCCC2. The summed E-state index contributed by atoms with van der Waals surface area (Å²) in [5.41, 5.74) is -0.761. The summed E-state index contributed by atoms with van der Waals surface area (Å²) in [5.74, 6) is -0.577. The quantitative estimate of drug-likeness (QED) is 0.780. The van der Waals surface area contributed by atoms with Crippen molar-refractivity contribution < 1.29 is 18.0 Å². The van der Waals surface area contributed by atoms with Crippen LogP contribution in [0, 0.1) is 17.2 Å². The number of alkyl halides is 3. The van der Waals surface area contributed by atoms with Gasteiger partial charge in [0.15, 0.2) is 5.92 Å². The number of nitrogens with one attached hydrogen (secondary N) is 1. The molecule has 2 aliphatic heterocycles. The van der Waals surface area contributed by atoms with Gasteiger partial charge in [0.25, 0.3) is 0 Å². The van der Waals surface area contributed by atoms with Crippen molar-refractivity contribution in [3.8, 4) is 6.07 Å². The smallest absolute Gasteiger partial charge is 0.368 e. The molecular formula is C20H22F3N5O. The van der Waals surface area contributed by atoms with Gasteiger partial charge in [0.05, 0.1) is 17.2 Å². The van der Waals surface area contributed by atoms with Crippen LogP contribution < -0.4 is 10.2 Å². The molecule has 4 rings (SSSR count). The highest BCUT2D eigenvalue weighted by Crippen LogP contribution is 2.41. The molecule has 1 atom stereocenters. The Morgan fingerprint density at radius 2 is 1.79 bits per heavy atom. The molecule has 2 fully saturated rings. The fourth-order valence-electron chi connectivity index (χ4n) is 4.50. The zero-order valence-corrected chi connectivity index (χ0v) is 15.9. The van der Waals surface area contributed by atoms with Gasteiger partial charge in [0, 0.05) is 31.9 Å². The molecule has 154 valence electrons. The number of hydrogen-bond donors (Lipinski definition) is 1. The molecule has 0 radical (unpaired) electrons. The van der Waals surface area contributed by atoms with Crippen LogP contribution in [0.5, 0.6) is 0 Å². The van der Waals surface area contributed by atoms with Crippen LogP contribution in [0.25, 0.3) is 0 Å². The first-order valence-corrected chi connectivity index (χ1v) is 9.80. The van der Waals surface area contributed by atoms with Crippen molar-refractivity contribution in [2.75, 3.05) is 31.1 Å². The number of anilines is 1. The first-order valence-electron chi connectivity index (χ1n) is 9.80. The molecule has 3 aliphatic rings. The Bertz CT molecular complexity index is 862. The van der Waals surface area contributed by atoms with Gasteiger partial charge in [0.2, 0.25) is 11.9 Å². The molecule has 1 spiro atoms. The Kier molecular flexibility index (Phi) is 4.89. The fraction of sp³-hybridized carbons (Fsp3) is 0.550. The van der Waals surface area contributed by atoms with Crippen molar-refractivity contribution in [1.29, 1.82) is 5.26 Å². The van der Waals surface area contributed by atoms with Gasteiger partial charge in [-0.25, -0.2) is 4.99 Å². The minimum Gasteiger partial charge on any atom is -0.368 e. The van der Waals surface area contributed by atoms with Crippen molar-refractivity contribution in [3.63, 3.8) is 0 Å². The Hall–Kier alpha value is -2.76. The number of halogens is 3. The second kappa shape index (κ2) is 7.25. The standard InChI is InChI=1S/C20H22F3N5O/c21-20(22,23)14-4-3-5-15(12-14)27-8-10-28(11-9-27)18-25-17(29)16(13-24)19(26-18)6-1-2-7-19/h3-5,12,16H,1-2,6-11H2,(H,25,26,29)/t16-/m0/s1. The molecule has 29 heavy (non-hydrogen) atoms. The molecule has 9 heteroatoms. The van der Waals surface area contributed by atoms with E-state index < -0.39 is 23.2 Å². The zero-order valence-electron chi connectivity index (χ0n) is 15.9. The monoisotopic (exact) mass is 405 g/mol. The molecule has 1 amide bonds. The van der Waals surface area contributed by atoms with E-state index in [1.54, 1.807) is 6.07 Å². The number of benzene rings is 1. The zero-order chi connectivity index (χ0) is 20.6. The molecule has 1 saturated carbocycles. The first-order chi connectivity index (χ1) is 13.8. The van der Waals surface area contributed by atoms with E-state index in [9.17, 15) is 23.2 Å². The molecule has 1 aromatic rings. The predicted molar refractivity (Wildman–Crippen MR) is 101 cm³/mol. The number of hydrogen-bond acceptors (Lipinski definition) is 5. The third kappa shape index (κ3) is 3.63. The van der Waals surface area contributed by atoms with E-state index in [1.165, 1.54) is 12.1 Å². The highest BCUT2D eigenvalue weighted by Gasteiger charge is 2.49. The van der Waals surface area contributed by atoms with E-state index in [0.717, 1.165) is 31.7 Å². The molecule has 1 aromatic carbocycles. The van der Waals surface area contributed by atoms with Crippen LogP contribution in [0.1, 0.15) is 31.2 Å². The van der Waals surface area contributed by atoms with E-state index in [0.29, 0.717) is 37.8 Å². The second-order valence-electron chi connectivity index (χ2n) is 7.82. The van der Waals surface area contributed by atoms with E-state index in [1.807, 2.05) is 9.80 Å². The lowest BCUT2D eigenvalue weighted by atomic mass is 9.82. The largest absolute Gasteiger partial charge is 0.416 e. The van der Waals surface area contributed by atoms with Gasteiger partial charge in [-0.2, -0.15) is 18.4 Å². The van der Waals surface area contributed by atoms with Crippen LogP contribution in [0.3, 0.4) is 0 Å². The molecule has 0 unspecified atom stereocenters. The number of nitrogens with zero attached hydrogens (tertiary/aromatic N) is 4. The Morgan fingerprint density at radius 1 is 1.14 bits per heavy atom. The van der Waals surface area contributed by atoms with Gasteiger partial charge >= 0.3 is 6.18 Å². The Morgan fingerprint density at radius 3 is 2.41 bits per heavy atom. The molecule has 0 bridgehead atoms. The van der Waals surface area contributed by atoms with Crippen LogP contribution >= 0.6 is 0 Å². The number of rotatable bonds is 1. The lowest BCUT2D eigenvalue weighted by Gasteiger charge is -2.41. The molecule has 1 N–H and O–H groups in total. The third-order valence-electron chi connectivity index (χ3n) is 6.08. The van der Waals surface area contributed by atoms with Gasteiger partial charge in [-0.1, -0.05) is 18.9 Å². The highest BCUT2D eigenvalue weighted by atomic mass is 19.4. The topological polar surface area (TPSA) is 71.7 Å². The summed E-state index contributed by atoms with van der Waals surface area (Å²) in [4.78, 5) is 21.2. The van der Waals surface area contributed by atoms with Crippen molar-refractivity contribution >= 4 is 17.6 Å². The molecule has 6 nitrogen and oxygen atoms in total. The Balaban J connectivity index is 1.48. The maximum absolute atomic E-state index is 13.0. The number of aliphatic imine (C=N–C) groups is 1. The van der Waals surface area contributed by atoms with E-state index in [-0.39, 0.29) is 5.91 Å².